The quantitative estimate of drug-likeness (QED) is 0.151. The van der Waals surface area contributed by atoms with Crippen LogP contribution in [0.4, 0.5) is 5.69 Å². The van der Waals surface area contributed by atoms with Crippen molar-refractivity contribution in [1.82, 2.24) is 0 Å². The third kappa shape index (κ3) is 6.04. The number of rotatable bonds is 2. The maximum Gasteiger partial charge on any atom is 0.402 e. The molecule has 0 radical (unpaired) electrons. The number of nitrogens with one attached hydrogen (secondary N) is 2. The molecule has 0 fully saturated rings. The van der Waals surface area contributed by atoms with Gasteiger partial charge in [0.25, 0.3) is 10.1 Å². The summed E-state index contributed by atoms with van der Waals surface area (Å²) in [6.07, 6.45) is 5.02. The fourth-order valence-corrected chi connectivity index (χ4v) is 2.58. The van der Waals surface area contributed by atoms with Crippen LogP contribution in [-0.4, -0.2) is 23.8 Å². The van der Waals surface area contributed by atoms with E-state index in [1.165, 1.54) is 18.3 Å². The Morgan fingerprint density at radius 1 is 1.21 bits per heavy atom. The summed E-state index contributed by atoms with van der Waals surface area (Å²) in [7, 11) is -4.02. The minimum atomic E-state index is -4.02. The van der Waals surface area contributed by atoms with Gasteiger partial charge in [0.1, 0.15) is 0 Å². The highest BCUT2D eigenvalue weighted by Gasteiger charge is 2.07. The van der Waals surface area contributed by atoms with E-state index in [-0.39, 0.29) is 9.76 Å². The summed E-state index contributed by atoms with van der Waals surface area (Å²) in [6, 6.07) is 13.7. The van der Waals surface area contributed by atoms with Crippen molar-refractivity contribution in [3.05, 3.63) is 82.8 Å². The van der Waals surface area contributed by atoms with Crippen LogP contribution in [0.25, 0.3) is 6.08 Å². The molecule has 1 aliphatic heterocycles. The zero-order valence-corrected chi connectivity index (χ0v) is 15.7. The Labute approximate surface area is 162 Å². The summed E-state index contributed by atoms with van der Waals surface area (Å²) in [4.78, 5) is -0.0219. The molecule has 9 nitrogen and oxygen atoms in total. The molecule has 1 aliphatic rings. The van der Waals surface area contributed by atoms with Gasteiger partial charge in [-0.1, -0.05) is 42.0 Å². The first-order chi connectivity index (χ1) is 13.2. The predicted octanol–water partition coefficient (Wildman–Crippen LogP) is 3.06. The van der Waals surface area contributed by atoms with Crippen molar-refractivity contribution < 1.29 is 17.8 Å². The maximum atomic E-state index is 10.9. The van der Waals surface area contributed by atoms with Gasteiger partial charge in [-0.15, -0.1) is 15.4 Å². The number of allylic oxidation sites excluding steroid dienone is 1. The van der Waals surface area contributed by atoms with E-state index in [1.807, 2.05) is 37.3 Å². The lowest BCUT2D eigenvalue weighted by molar-refractivity contribution is -0.407. The Bertz CT molecular complexity index is 1060. The average molecular weight is 401 g/mol. The molecule has 5 N–H and O–H groups in total. The third-order valence-electron chi connectivity index (χ3n) is 3.51. The van der Waals surface area contributed by atoms with Crippen LogP contribution in [0.2, 0.25) is 0 Å². The van der Waals surface area contributed by atoms with Crippen molar-refractivity contribution in [2.75, 3.05) is 5.32 Å². The summed E-state index contributed by atoms with van der Waals surface area (Å²) >= 11 is 0. The van der Waals surface area contributed by atoms with Crippen LogP contribution in [0.5, 0.6) is 0 Å². The van der Waals surface area contributed by atoms with E-state index < -0.39 is 16.1 Å². The highest BCUT2D eigenvalue weighted by Crippen LogP contribution is 2.23. The SMILES string of the molecule is Cc1ccc(S(=O)(=O)O)cc1.N=C(N)[N+]([O-])=N/C=C1\C=Cc2ccccc2N1. The molecule has 3 rings (SSSR count). The molecule has 0 saturated carbocycles. The zero-order valence-electron chi connectivity index (χ0n) is 14.9. The highest BCUT2D eigenvalue weighted by atomic mass is 32.2. The number of nitrogens with zero attached hydrogens (tertiary/aromatic N) is 2. The highest BCUT2D eigenvalue weighted by molar-refractivity contribution is 7.85. The molecule has 0 bridgehead atoms. The number of hydrogen-bond acceptors (Lipinski definition) is 6. The molecule has 1 heterocycles. The number of para-hydroxylation sites is 1. The van der Waals surface area contributed by atoms with Crippen molar-refractivity contribution in [2.24, 2.45) is 10.8 Å². The summed E-state index contributed by atoms with van der Waals surface area (Å²) < 4.78 is 29.6. The lowest BCUT2D eigenvalue weighted by Gasteiger charge is -2.14. The number of nitrogens with two attached hydrogens (primary N) is 1. The monoisotopic (exact) mass is 401 g/mol. The molecule has 28 heavy (non-hydrogen) atoms. The van der Waals surface area contributed by atoms with Gasteiger partial charge in [-0.25, -0.2) is 0 Å². The Morgan fingerprint density at radius 2 is 1.86 bits per heavy atom. The van der Waals surface area contributed by atoms with Gasteiger partial charge in [-0.3, -0.25) is 10.3 Å². The van der Waals surface area contributed by atoms with E-state index in [4.69, 9.17) is 15.7 Å². The number of azo groups is 1. The van der Waals surface area contributed by atoms with E-state index in [2.05, 4.69) is 10.4 Å². The van der Waals surface area contributed by atoms with Gasteiger partial charge < -0.3 is 10.5 Å². The minimum absolute atomic E-state index is 0.0447. The van der Waals surface area contributed by atoms with Crippen LogP contribution in [0.1, 0.15) is 11.1 Å². The molecule has 2 aromatic rings. The number of anilines is 1. The number of guanidine groups is 1. The van der Waals surface area contributed by atoms with Crippen molar-refractivity contribution in [1.29, 1.82) is 5.41 Å². The van der Waals surface area contributed by atoms with Crippen LogP contribution in [-0.2, 0) is 10.1 Å². The summed E-state index contributed by atoms with van der Waals surface area (Å²) in [6.45, 7) is 1.84. The van der Waals surface area contributed by atoms with Crippen molar-refractivity contribution in [3.63, 3.8) is 0 Å². The maximum absolute atomic E-state index is 10.9. The summed E-state index contributed by atoms with van der Waals surface area (Å²) in [5, 5.41) is 24.4. The molecule has 0 aliphatic carbocycles. The molecule has 0 saturated heterocycles. The van der Waals surface area contributed by atoms with Crippen LogP contribution in [0, 0.1) is 17.5 Å². The third-order valence-corrected chi connectivity index (χ3v) is 4.38. The van der Waals surface area contributed by atoms with Crippen molar-refractivity contribution >= 4 is 27.8 Å². The molecule has 10 heteroatoms. The van der Waals surface area contributed by atoms with Gasteiger partial charge in [-0.05, 0) is 36.8 Å². The topological polar surface area (TPSA) is 155 Å². The van der Waals surface area contributed by atoms with Crippen molar-refractivity contribution in [2.45, 2.75) is 11.8 Å². The largest absolute Gasteiger partial charge is 0.722 e. The summed E-state index contributed by atoms with van der Waals surface area (Å²) in [5.41, 5.74) is 8.58. The molecular weight excluding hydrogens is 382 g/mol. The van der Waals surface area contributed by atoms with Gasteiger partial charge in [0.15, 0.2) is 0 Å². The van der Waals surface area contributed by atoms with Crippen molar-refractivity contribution in [3.8, 4) is 0 Å². The standard InChI is InChI=1S/C11H11N5O.C7H8O3S/c12-11(13)16(17)14-7-9-6-5-8-3-1-2-4-10(8)15-9;1-6-2-4-7(5-3-6)11(8,9)10/h1-7,15H,(H3,12,13);2-5H,1H3,(H,8,9,10)/b9-7+,16-14?;. The first-order valence-corrected chi connectivity index (χ1v) is 9.41. The number of hydroxylamine groups is 1. The normalized spacial score (nSPS) is 14.5. The molecule has 0 atom stereocenters. The molecule has 2 aromatic carbocycles. The molecule has 0 amide bonds. The first-order valence-electron chi connectivity index (χ1n) is 7.97. The van der Waals surface area contributed by atoms with Crippen LogP contribution < -0.4 is 11.1 Å². The minimum Gasteiger partial charge on any atom is -0.722 e. The molecule has 146 valence electrons. The van der Waals surface area contributed by atoms with Crippen LogP contribution in [0.3, 0.4) is 0 Å². The van der Waals surface area contributed by atoms with E-state index in [1.54, 1.807) is 18.2 Å². The predicted molar refractivity (Wildman–Crippen MR) is 106 cm³/mol. The van der Waals surface area contributed by atoms with Gasteiger partial charge in [-0.2, -0.15) is 8.42 Å². The van der Waals surface area contributed by atoms with Gasteiger partial charge in [0, 0.05) is 5.69 Å². The Morgan fingerprint density at radius 3 is 2.46 bits per heavy atom. The second-order valence-electron chi connectivity index (χ2n) is 5.69. The molecule has 0 spiro atoms. The van der Waals surface area contributed by atoms with Gasteiger partial charge >= 0.3 is 5.96 Å². The van der Waals surface area contributed by atoms with Crippen LogP contribution in [0.15, 0.2) is 76.5 Å². The van der Waals surface area contributed by atoms with Crippen LogP contribution >= 0.6 is 0 Å². The molecule has 0 aromatic heterocycles. The second-order valence-corrected chi connectivity index (χ2v) is 7.11. The second kappa shape index (κ2) is 8.93. The summed E-state index contributed by atoms with van der Waals surface area (Å²) in [5.74, 6) is -0.651. The van der Waals surface area contributed by atoms with Gasteiger partial charge in [0.05, 0.1) is 16.8 Å². The molecular formula is C18H19N5O4S. The lowest BCUT2D eigenvalue weighted by Crippen LogP contribution is -2.21. The zero-order chi connectivity index (χ0) is 20.7. The number of hydrogen-bond donors (Lipinski definition) is 4. The molecule has 0 unspecified atom stereocenters. The first kappa shape index (κ1) is 20.8. The van der Waals surface area contributed by atoms with E-state index >= 15 is 0 Å². The Hall–Kier alpha value is -3.50. The fraction of sp³-hybridized carbons (Fsp3) is 0.0556. The lowest BCUT2D eigenvalue weighted by atomic mass is 10.1. The number of fused-ring (bicyclic) bond motifs is 1. The number of aryl methyl sites for hydroxylation is 1. The Balaban J connectivity index is 0.000000221. The van der Waals surface area contributed by atoms with E-state index in [0.29, 0.717) is 5.70 Å². The smallest absolute Gasteiger partial charge is 0.402 e. The van der Waals surface area contributed by atoms with E-state index in [0.717, 1.165) is 16.8 Å². The number of benzene rings is 2. The van der Waals surface area contributed by atoms with Gasteiger partial charge in [0.2, 0.25) is 0 Å². The average Bonchev–Trinajstić information content (AvgIpc) is 2.66. The van der Waals surface area contributed by atoms with E-state index in [9.17, 15) is 13.6 Å². The fourth-order valence-electron chi connectivity index (χ4n) is 2.10. The Kier molecular flexibility index (Phi) is 6.64.